The first-order valence-corrected chi connectivity index (χ1v) is 7.71. The molecule has 2 rings (SSSR count). The van der Waals surface area contributed by atoms with Gasteiger partial charge in [-0.3, -0.25) is 4.90 Å². The van der Waals surface area contributed by atoms with Crippen molar-refractivity contribution in [3.05, 3.63) is 35.4 Å². The molecule has 0 amide bonds. The van der Waals surface area contributed by atoms with Crippen LogP contribution in [0.2, 0.25) is 0 Å². The summed E-state index contributed by atoms with van der Waals surface area (Å²) in [5.74, 6) is 0. The Hall–Kier alpha value is -0.860. The second-order valence-electron chi connectivity index (χ2n) is 7.54. The van der Waals surface area contributed by atoms with E-state index in [9.17, 15) is 0 Å². The van der Waals surface area contributed by atoms with Crippen molar-refractivity contribution >= 4 is 0 Å². The summed E-state index contributed by atoms with van der Waals surface area (Å²) in [5.41, 5.74) is 3.27. The molecule has 20 heavy (non-hydrogen) atoms. The van der Waals surface area contributed by atoms with Crippen molar-refractivity contribution in [1.29, 1.82) is 0 Å². The van der Waals surface area contributed by atoms with Gasteiger partial charge in [0.1, 0.15) is 0 Å². The normalized spacial score (nSPS) is 18.2. The molecular weight excluding hydrogens is 246 g/mol. The van der Waals surface area contributed by atoms with Gasteiger partial charge in [0.2, 0.25) is 0 Å². The van der Waals surface area contributed by atoms with Gasteiger partial charge < -0.3 is 4.74 Å². The summed E-state index contributed by atoms with van der Waals surface area (Å²) in [6, 6.07) is 9.15. The molecule has 0 radical (unpaired) electrons. The van der Waals surface area contributed by atoms with E-state index in [4.69, 9.17) is 4.74 Å². The largest absolute Gasteiger partial charge is 0.379 e. The zero-order chi connectivity index (χ0) is 14.8. The molecule has 0 spiro atoms. The van der Waals surface area contributed by atoms with Crippen LogP contribution in [0.1, 0.15) is 45.7 Å². The Balaban J connectivity index is 2.05. The summed E-state index contributed by atoms with van der Waals surface area (Å²) in [4.78, 5) is 2.55. The molecule has 0 aliphatic carbocycles. The Morgan fingerprint density at radius 2 is 1.50 bits per heavy atom. The van der Waals surface area contributed by atoms with Gasteiger partial charge in [0.15, 0.2) is 0 Å². The third kappa shape index (κ3) is 3.83. The molecule has 2 heteroatoms. The molecule has 2 nitrogen and oxygen atoms in total. The minimum atomic E-state index is 0.201. The van der Waals surface area contributed by atoms with E-state index < -0.39 is 0 Å². The molecule has 0 bridgehead atoms. The smallest absolute Gasteiger partial charge is 0.0594 e. The zero-order valence-electron chi connectivity index (χ0n) is 13.7. The summed E-state index contributed by atoms with van der Waals surface area (Å²) >= 11 is 0. The van der Waals surface area contributed by atoms with Crippen molar-refractivity contribution in [1.82, 2.24) is 4.90 Å². The lowest BCUT2D eigenvalue weighted by Gasteiger charge is -2.41. The van der Waals surface area contributed by atoms with Crippen molar-refractivity contribution in [2.24, 2.45) is 0 Å². The SMILES string of the molecule is CC(C)(C)c1ccc(CC(C)(C)N2CCOCC2)cc1. The molecule has 1 aliphatic rings. The molecule has 1 aromatic carbocycles. The van der Waals surface area contributed by atoms with Crippen molar-refractivity contribution in [2.75, 3.05) is 26.3 Å². The third-order valence-electron chi connectivity index (χ3n) is 4.32. The predicted octanol–water partition coefficient (Wildman–Crippen LogP) is 3.64. The van der Waals surface area contributed by atoms with Gasteiger partial charge in [0.05, 0.1) is 13.2 Å². The van der Waals surface area contributed by atoms with Gasteiger partial charge in [-0.2, -0.15) is 0 Å². The average Bonchev–Trinajstić information content (AvgIpc) is 2.39. The highest BCUT2D eigenvalue weighted by atomic mass is 16.5. The topological polar surface area (TPSA) is 12.5 Å². The number of rotatable bonds is 3. The summed E-state index contributed by atoms with van der Waals surface area (Å²) in [5, 5.41) is 0. The van der Waals surface area contributed by atoms with E-state index in [2.05, 4.69) is 63.8 Å². The van der Waals surface area contributed by atoms with Crippen molar-refractivity contribution in [3.63, 3.8) is 0 Å². The molecule has 1 fully saturated rings. The lowest BCUT2D eigenvalue weighted by molar-refractivity contribution is -0.00984. The fraction of sp³-hybridized carbons (Fsp3) is 0.667. The quantitative estimate of drug-likeness (QED) is 0.835. The maximum absolute atomic E-state index is 5.46. The molecule has 1 aromatic rings. The first kappa shape index (κ1) is 15.5. The molecule has 112 valence electrons. The summed E-state index contributed by atoms with van der Waals surface area (Å²) in [6.45, 7) is 15.3. The van der Waals surface area contributed by atoms with Gasteiger partial charge in [-0.05, 0) is 36.8 Å². The maximum atomic E-state index is 5.46. The van der Waals surface area contributed by atoms with Gasteiger partial charge in [-0.15, -0.1) is 0 Å². The number of nitrogens with zero attached hydrogens (tertiary/aromatic N) is 1. The standard InChI is InChI=1S/C18H29NO/c1-17(2,3)16-8-6-15(7-9-16)14-18(4,5)19-10-12-20-13-11-19/h6-9H,10-14H2,1-5H3. The second-order valence-corrected chi connectivity index (χ2v) is 7.54. The molecule has 0 atom stereocenters. The number of hydrogen-bond acceptors (Lipinski definition) is 2. The zero-order valence-corrected chi connectivity index (χ0v) is 13.7. The van der Waals surface area contributed by atoms with E-state index in [1.54, 1.807) is 0 Å². The fourth-order valence-electron chi connectivity index (χ4n) is 2.90. The van der Waals surface area contributed by atoms with Gasteiger partial charge in [-0.25, -0.2) is 0 Å². The van der Waals surface area contributed by atoms with Crippen LogP contribution in [-0.4, -0.2) is 36.7 Å². The molecule has 0 saturated carbocycles. The average molecular weight is 275 g/mol. The van der Waals surface area contributed by atoms with Crippen LogP contribution >= 0.6 is 0 Å². The van der Waals surface area contributed by atoms with Crippen LogP contribution in [0.4, 0.5) is 0 Å². The minimum Gasteiger partial charge on any atom is -0.379 e. The van der Waals surface area contributed by atoms with E-state index in [0.29, 0.717) is 0 Å². The Kier molecular flexibility index (Phi) is 4.55. The van der Waals surface area contributed by atoms with Crippen molar-refractivity contribution in [3.8, 4) is 0 Å². The number of morpholine rings is 1. The molecule has 0 unspecified atom stereocenters. The highest BCUT2D eigenvalue weighted by molar-refractivity contribution is 5.28. The molecule has 1 aliphatic heterocycles. The van der Waals surface area contributed by atoms with Crippen LogP contribution in [-0.2, 0) is 16.6 Å². The number of benzene rings is 1. The molecule has 1 saturated heterocycles. The van der Waals surface area contributed by atoms with E-state index in [0.717, 1.165) is 32.7 Å². The van der Waals surface area contributed by atoms with E-state index in [1.807, 2.05) is 0 Å². The van der Waals surface area contributed by atoms with Crippen LogP contribution < -0.4 is 0 Å². The van der Waals surface area contributed by atoms with Gasteiger partial charge in [0.25, 0.3) is 0 Å². The predicted molar refractivity (Wildman–Crippen MR) is 85.3 cm³/mol. The van der Waals surface area contributed by atoms with Crippen LogP contribution in [0.5, 0.6) is 0 Å². The first-order valence-electron chi connectivity index (χ1n) is 7.71. The van der Waals surface area contributed by atoms with E-state index in [-0.39, 0.29) is 11.0 Å². The Bertz CT molecular complexity index is 422. The lowest BCUT2D eigenvalue weighted by Crippen LogP contribution is -2.51. The van der Waals surface area contributed by atoms with E-state index in [1.165, 1.54) is 11.1 Å². The molecule has 0 N–H and O–H groups in total. The lowest BCUT2D eigenvalue weighted by atomic mass is 9.85. The maximum Gasteiger partial charge on any atom is 0.0594 e. The minimum absolute atomic E-state index is 0.201. The second kappa shape index (κ2) is 5.87. The highest BCUT2D eigenvalue weighted by Crippen LogP contribution is 2.25. The van der Waals surface area contributed by atoms with Crippen LogP contribution in [0.3, 0.4) is 0 Å². The summed E-state index contributed by atoms with van der Waals surface area (Å²) in [7, 11) is 0. The Morgan fingerprint density at radius 3 is 2.00 bits per heavy atom. The van der Waals surface area contributed by atoms with Gasteiger partial charge in [-0.1, -0.05) is 45.0 Å². The van der Waals surface area contributed by atoms with Crippen molar-refractivity contribution < 1.29 is 4.74 Å². The Labute approximate surface area is 124 Å². The summed E-state index contributed by atoms with van der Waals surface area (Å²) in [6.07, 6.45) is 1.09. The van der Waals surface area contributed by atoms with Gasteiger partial charge in [0, 0.05) is 18.6 Å². The highest BCUT2D eigenvalue weighted by Gasteiger charge is 2.28. The molecule has 0 aromatic heterocycles. The number of hydrogen-bond donors (Lipinski definition) is 0. The molecule has 1 heterocycles. The molecular formula is C18H29NO. The van der Waals surface area contributed by atoms with Crippen LogP contribution in [0.25, 0.3) is 0 Å². The van der Waals surface area contributed by atoms with Crippen LogP contribution in [0, 0.1) is 0 Å². The first-order chi connectivity index (χ1) is 9.29. The monoisotopic (exact) mass is 275 g/mol. The fourth-order valence-corrected chi connectivity index (χ4v) is 2.90. The van der Waals surface area contributed by atoms with Crippen molar-refractivity contribution in [2.45, 2.75) is 52.0 Å². The summed E-state index contributed by atoms with van der Waals surface area (Å²) < 4.78 is 5.46. The number of ether oxygens (including phenoxy) is 1. The third-order valence-corrected chi connectivity index (χ3v) is 4.32. The van der Waals surface area contributed by atoms with E-state index >= 15 is 0 Å². The Morgan fingerprint density at radius 1 is 0.950 bits per heavy atom. The van der Waals surface area contributed by atoms with Crippen LogP contribution in [0.15, 0.2) is 24.3 Å². The van der Waals surface area contributed by atoms with Gasteiger partial charge >= 0.3 is 0 Å².